The second-order valence-corrected chi connectivity index (χ2v) is 6.90. The number of nitrogens with one attached hydrogen (secondary N) is 1. The fourth-order valence-electron chi connectivity index (χ4n) is 3.54. The van der Waals surface area contributed by atoms with Gasteiger partial charge in [-0.15, -0.1) is 0 Å². The molecule has 1 aliphatic rings. The number of likely N-dealkylation sites (N-methyl/N-ethyl adjacent to an activating group) is 2. The van der Waals surface area contributed by atoms with Crippen molar-refractivity contribution in [3.63, 3.8) is 0 Å². The third-order valence-corrected chi connectivity index (χ3v) is 5.03. The van der Waals surface area contributed by atoms with E-state index >= 15 is 0 Å². The molecule has 0 saturated heterocycles. The van der Waals surface area contributed by atoms with E-state index in [9.17, 15) is 0 Å². The summed E-state index contributed by atoms with van der Waals surface area (Å²) in [4.78, 5) is 2.61. The van der Waals surface area contributed by atoms with E-state index in [-0.39, 0.29) is 0 Å². The van der Waals surface area contributed by atoms with Crippen LogP contribution in [0, 0.1) is 0 Å². The van der Waals surface area contributed by atoms with Crippen LogP contribution >= 0.6 is 0 Å². The normalized spacial score (nSPS) is 27.3. The second kappa shape index (κ2) is 10.6. The van der Waals surface area contributed by atoms with Crippen molar-refractivity contribution in [1.82, 2.24) is 10.2 Å². The van der Waals surface area contributed by atoms with Crippen molar-refractivity contribution in [3.8, 4) is 0 Å². The first-order valence-electron chi connectivity index (χ1n) is 9.12. The highest BCUT2D eigenvalue weighted by atomic mass is 15.2. The average Bonchev–Trinajstić information content (AvgIpc) is 2.41. The van der Waals surface area contributed by atoms with Gasteiger partial charge in [-0.1, -0.05) is 58.3 Å². The van der Waals surface area contributed by atoms with Crippen LogP contribution in [0.25, 0.3) is 0 Å². The van der Waals surface area contributed by atoms with Gasteiger partial charge in [0, 0.05) is 18.1 Å². The number of hydrogen-bond donors (Lipinski definition) is 1. The van der Waals surface area contributed by atoms with Crippen LogP contribution in [0.15, 0.2) is 0 Å². The van der Waals surface area contributed by atoms with E-state index in [1.165, 1.54) is 64.2 Å². The summed E-state index contributed by atoms with van der Waals surface area (Å²) in [6.07, 6.45) is 14.2. The molecule has 1 aliphatic carbocycles. The second-order valence-electron chi connectivity index (χ2n) is 6.90. The topological polar surface area (TPSA) is 15.3 Å². The Labute approximate surface area is 127 Å². The molecule has 1 fully saturated rings. The minimum absolute atomic E-state index is 0.647. The lowest BCUT2D eigenvalue weighted by Crippen LogP contribution is -2.50. The van der Waals surface area contributed by atoms with E-state index in [2.05, 4.69) is 38.0 Å². The molecular weight excluding hydrogens is 244 g/mol. The Bertz CT molecular complexity index is 227. The minimum Gasteiger partial charge on any atom is -0.313 e. The molecule has 120 valence electrons. The number of hydrogen-bond acceptors (Lipinski definition) is 2. The molecule has 0 aromatic carbocycles. The summed E-state index contributed by atoms with van der Waals surface area (Å²) in [5.41, 5.74) is 0. The molecule has 0 amide bonds. The summed E-state index contributed by atoms with van der Waals surface area (Å²) in [6.45, 7) is 8.02. The molecule has 0 spiro atoms. The van der Waals surface area contributed by atoms with Crippen molar-refractivity contribution < 1.29 is 0 Å². The Morgan fingerprint density at radius 2 is 1.40 bits per heavy atom. The highest BCUT2D eigenvalue weighted by Gasteiger charge is 2.25. The Balaban J connectivity index is 2.65. The fourth-order valence-corrected chi connectivity index (χ4v) is 3.54. The minimum atomic E-state index is 0.647. The molecule has 0 heterocycles. The van der Waals surface area contributed by atoms with Crippen LogP contribution in [0.3, 0.4) is 0 Å². The van der Waals surface area contributed by atoms with E-state index in [4.69, 9.17) is 0 Å². The molecule has 1 rings (SSSR count). The molecule has 0 aromatic rings. The summed E-state index contributed by atoms with van der Waals surface area (Å²) < 4.78 is 0. The summed E-state index contributed by atoms with van der Waals surface area (Å²) >= 11 is 0. The number of nitrogens with zero attached hydrogens (tertiary/aromatic N) is 1. The first-order chi connectivity index (χ1) is 9.66. The first-order valence-corrected chi connectivity index (χ1v) is 9.12. The van der Waals surface area contributed by atoms with E-state index in [0.717, 1.165) is 12.6 Å². The monoisotopic (exact) mass is 282 g/mol. The molecule has 1 saturated carbocycles. The van der Waals surface area contributed by atoms with Crippen LogP contribution in [0.4, 0.5) is 0 Å². The van der Waals surface area contributed by atoms with E-state index < -0.39 is 0 Å². The van der Waals surface area contributed by atoms with Crippen LogP contribution in [-0.2, 0) is 0 Å². The van der Waals surface area contributed by atoms with Gasteiger partial charge in [0.15, 0.2) is 0 Å². The lowest BCUT2D eigenvalue weighted by atomic mass is 9.92. The molecule has 1 N–H and O–H groups in total. The van der Waals surface area contributed by atoms with Crippen LogP contribution in [0.2, 0.25) is 0 Å². The van der Waals surface area contributed by atoms with Crippen LogP contribution in [-0.4, -0.2) is 36.6 Å². The van der Waals surface area contributed by atoms with Crippen molar-refractivity contribution >= 4 is 0 Å². The van der Waals surface area contributed by atoms with Gasteiger partial charge < -0.3 is 5.32 Å². The lowest BCUT2D eigenvalue weighted by molar-refractivity contribution is 0.137. The van der Waals surface area contributed by atoms with Crippen molar-refractivity contribution in [3.05, 3.63) is 0 Å². The molecular formula is C18H38N2. The maximum Gasteiger partial charge on any atom is 0.0248 e. The van der Waals surface area contributed by atoms with Gasteiger partial charge in [-0.2, -0.15) is 0 Å². The van der Waals surface area contributed by atoms with Gasteiger partial charge >= 0.3 is 0 Å². The Kier molecular flexibility index (Phi) is 9.54. The van der Waals surface area contributed by atoms with Gasteiger partial charge in [-0.05, 0) is 40.3 Å². The van der Waals surface area contributed by atoms with Crippen molar-refractivity contribution in [1.29, 1.82) is 0 Å². The standard InChI is InChI=1S/C18H38N2/c1-5-19-17-14-12-10-8-6-7-9-11-13-15-18(17)20(4)16(2)3/h16-19H,5-15H2,1-4H3. The Morgan fingerprint density at radius 3 is 1.90 bits per heavy atom. The highest BCUT2D eigenvalue weighted by molar-refractivity contribution is 4.85. The van der Waals surface area contributed by atoms with Gasteiger partial charge in [0.2, 0.25) is 0 Å². The molecule has 0 aliphatic heterocycles. The van der Waals surface area contributed by atoms with Gasteiger partial charge in [0.05, 0.1) is 0 Å². The van der Waals surface area contributed by atoms with Gasteiger partial charge in [0.25, 0.3) is 0 Å². The van der Waals surface area contributed by atoms with Crippen molar-refractivity contribution in [2.24, 2.45) is 0 Å². The Hall–Kier alpha value is -0.0800. The summed E-state index contributed by atoms with van der Waals surface area (Å²) in [7, 11) is 2.32. The fraction of sp³-hybridized carbons (Fsp3) is 1.00. The maximum absolute atomic E-state index is 3.78. The zero-order chi connectivity index (χ0) is 14.8. The average molecular weight is 283 g/mol. The molecule has 2 heteroatoms. The molecule has 0 bridgehead atoms. The van der Waals surface area contributed by atoms with Gasteiger partial charge in [-0.3, -0.25) is 4.90 Å². The molecule has 2 unspecified atom stereocenters. The van der Waals surface area contributed by atoms with Crippen molar-refractivity contribution in [2.75, 3.05) is 13.6 Å². The largest absolute Gasteiger partial charge is 0.313 e. The third-order valence-electron chi connectivity index (χ3n) is 5.03. The summed E-state index contributed by atoms with van der Waals surface area (Å²) in [5, 5.41) is 3.78. The number of rotatable bonds is 4. The molecule has 0 radical (unpaired) electrons. The molecule has 2 atom stereocenters. The zero-order valence-electron chi connectivity index (χ0n) is 14.5. The highest BCUT2D eigenvalue weighted by Crippen LogP contribution is 2.21. The van der Waals surface area contributed by atoms with Crippen LogP contribution in [0.1, 0.15) is 85.0 Å². The molecule has 20 heavy (non-hydrogen) atoms. The van der Waals surface area contributed by atoms with Gasteiger partial charge in [-0.25, -0.2) is 0 Å². The van der Waals surface area contributed by atoms with E-state index in [0.29, 0.717) is 12.1 Å². The zero-order valence-corrected chi connectivity index (χ0v) is 14.5. The van der Waals surface area contributed by atoms with Crippen LogP contribution < -0.4 is 5.32 Å². The predicted octanol–water partition coefficient (Wildman–Crippen LogP) is 4.59. The SMILES string of the molecule is CCNC1CCCCCCCCCCC1N(C)C(C)C. The van der Waals surface area contributed by atoms with E-state index in [1.54, 1.807) is 0 Å². The summed E-state index contributed by atoms with van der Waals surface area (Å²) in [5.74, 6) is 0. The lowest BCUT2D eigenvalue weighted by Gasteiger charge is -2.38. The molecule has 2 nitrogen and oxygen atoms in total. The van der Waals surface area contributed by atoms with E-state index in [1.807, 2.05) is 0 Å². The Morgan fingerprint density at radius 1 is 0.900 bits per heavy atom. The third kappa shape index (κ3) is 6.58. The van der Waals surface area contributed by atoms with Crippen LogP contribution in [0.5, 0.6) is 0 Å². The van der Waals surface area contributed by atoms with Gasteiger partial charge in [0.1, 0.15) is 0 Å². The smallest absolute Gasteiger partial charge is 0.0248 e. The summed E-state index contributed by atoms with van der Waals surface area (Å²) in [6, 6.07) is 2.05. The first kappa shape index (κ1) is 18.0. The predicted molar refractivity (Wildman–Crippen MR) is 90.3 cm³/mol. The maximum atomic E-state index is 3.78. The molecule has 0 aromatic heterocycles. The van der Waals surface area contributed by atoms with Crippen molar-refractivity contribution in [2.45, 2.75) is 103 Å². The quantitative estimate of drug-likeness (QED) is 0.811.